The molecule has 0 amide bonds. The standard InChI is InChI=1S/2H2NO3S.Zn/c2*1-5(2,3)4;/h2*(H2-,1,2,3,4);/q2*-1;+2. The van der Waals surface area contributed by atoms with Crippen LogP contribution < -0.4 is 0 Å². The third-order valence-electron chi connectivity index (χ3n) is 0. The van der Waals surface area contributed by atoms with Gasteiger partial charge in [0, 0.05) is 0 Å². The van der Waals surface area contributed by atoms with Gasteiger partial charge in [0.15, 0.2) is 20.6 Å². The Labute approximate surface area is 76.5 Å². The first-order valence-electron chi connectivity index (χ1n) is 1.44. The van der Waals surface area contributed by atoms with Crippen molar-refractivity contribution in [1.29, 1.82) is 0 Å². The van der Waals surface area contributed by atoms with E-state index >= 15 is 0 Å². The second-order valence-corrected chi connectivity index (χ2v) is 2.85. The third-order valence-corrected chi connectivity index (χ3v) is 0. The zero-order valence-electron chi connectivity index (χ0n) is 5.05. The first kappa shape index (κ1) is 17.4. The Kier molecular flexibility index (Phi) is 9.43. The molecule has 0 aromatic carbocycles. The van der Waals surface area contributed by atoms with Crippen molar-refractivity contribution in [2.45, 2.75) is 0 Å². The molecule has 64 valence electrons. The normalized spacial score (nSPS) is 10.5. The molecule has 0 heterocycles. The molecular formula is H4N2O6S2Zn. The number of hydrogen-bond acceptors (Lipinski definition) is 4. The summed E-state index contributed by atoms with van der Waals surface area (Å²) in [5.41, 5.74) is 0. The van der Waals surface area contributed by atoms with Gasteiger partial charge in [-0.2, -0.15) is 0 Å². The van der Waals surface area contributed by atoms with Gasteiger partial charge in [-0.3, -0.25) is 9.11 Å². The Morgan fingerprint density at radius 1 is 0.818 bits per heavy atom. The minimum atomic E-state index is -4.42. The van der Waals surface area contributed by atoms with E-state index in [-0.39, 0.29) is 19.5 Å². The molecule has 8 nitrogen and oxygen atoms in total. The van der Waals surface area contributed by atoms with Gasteiger partial charge in [-0.05, 0) is 0 Å². The van der Waals surface area contributed by atoms with Crippen LogP contribution in [0, 0.1) is 0 Å². The third kappa shape index (κ3) is 5490. The molecule has 0 aromatic heterocycles. The van der Waals surface area contributed by atoms with Crippen LogP contribution in [0.2, 0.25) is 0 Å². The second-order valence-electron chi connectivity index (χ2n) is 0.950. The van der Waals surface area contributed by atoms with Crippen molar-refractivity contribution >= 4 is 20.6 Å². The number of nitrogens with one attached hydrogen (secondary N) is 2. The van der Waals surface area contributed by atoms with Crippen LogP contribution in [-0.2, 0) is 40.1 Å². The predicted octanol–water partition coefficient (Wildman–Crippen LogP) is -0.320. The number of rotatable bonds is 0. The van der Waals surface area contributed by atoms with E-state index in [1.807, 2.05) is 0 Å². The first-order valence-corrected chi connectivity index (χ1v) is 4.32. The molecule has 11 heteroatoms. The minimum absolute atomic E-state index is 0. The van der Waals surface area contributed by atoms with Gasteiger partial charge in [-0.25, -0.2) is 16.8 Å². The van der Waals surface area contributed by atoms with E-state index in [1.165, 1.54) is 0 Å². The quantitative estimate of drug-likeness (QED) is 0.447. The average molecular weight is 258 g/mol. The Hall–Kier alpha value is 0.363. The van der Waals surface area contributed by atoms with Gasteiger partial charge in [0.25, 0.3) is 0 Å². The number of hydrogen-bond donors (Lipinski definition) is 2. The van der Waals surface area contributed by atoms with Gasteiger partial charge >= 0.3 is 19.5 Å². The van der Waals surface area contributed by atoms with Crippen LogP contribution in [0.1, 0.15) is 0 Å². The van der Waals surface area contributed by atoms with Gasteiger partial charge < -0.3 is 10.3 Å². The minimum Gasteiger partial charge on any atom is -0.540 e. The van der Waals surface area contributed by atoms with Crippen LogP contribution in [0.4, 0.5) is 0 Å². The van der Waals surface area contributed by atoms with Crippen LogP contribution in [-0.4, -0.2) is 25.9 Å². The Balaban J connectivity index is -0.000000107. The van der Waals surface area contributed by atoms with E-state index in [0.29, 0.717) is 0 Å². The van der Waals surface area contributed by atoms with Crippen molar-refractivity contribution in [1.82, 2.24) is 0 Å². The van der Waals surface area contributed by atoms with E-state index < -0.39 is 20.6 Å². The zero-order valence-corrected chi connectivity index (χ0v) is 9.65. The molecular weight excluding hydrogens is 254 g/mol. The fourth-order valence-electron chi connectivity index (χ4n) is 0. The van der Waals surface area contributed by atoms with E-state index in [0.717, 1.165) is 0 Å². The summed E-state index contributed by atoms with van der Waals surface area (Å²) in [5, 5.41) is 10.9. The molecule has 4 N–H and O–H groups in total. The molecule has 0 saturated heterocycles. The molecule has 0 aliphatic rings. The Morgan fingerprint density at radius 2 is 0.818 bits per heavy atom. The molecule has 0 rings (SSSR count). The average Bonchev–Trinajstić information content (AvgIpc) is 1.12. The molecule has 0 bridgehead atoms. The van der Waals surface area contributed by atoms with E-state index in [4.69, 9.17) is 36.2 Å². The van der Waals surface area contributed by atoms with Crippen LogP contribution in [0.5, 0.6) is 0 Å². The SMILES string of the molecule is [NH-]S(=O)(=O)O.[NH-]S(=O)(=O)O.[Zn+2]. The summed E-state index contributed by atoms with van der Waals surface area (Å²) in [6, 6.07) is 0. The summed E-state index contributed by atoms with van der Waals surface area (Å²) in [6.07, 6.45) is 0. The fourth-order valence-corrected chi connectivity index (χ4v) is 0. The predicted molar refractivity (Wildman–Crippen MR) is 31.7 cm³/mol. The fraction of sp³-hybridized carbons (Fsp3) is 0. The van der Waals surface area contributed by atoms with Crippen LogP contribution in [0.3, 0.4) is 0 Å². The summed E-state index contributed by atoms with van der Waals surface area (Å²) in [6.45, 7) is 0. The van der Waals surface area contributed by atoms with Crippen molar-refractivity contribution in [3.05, 3.63) is 10.3 Å². The van der Waals surface area contributed by atoms with Gasteiger partial charge in [0.2, 0.25) is 0 Å². The van der Waals surface area contributed by atoms with E-state index in [9.17, 15) is 0 Å². The van der Waals surface area contributed by atoms with Gasteiger partial charge in [-0.15, -0.1) is 0 Å². The molecule has 0 aliphatic heterocycles. The largest absolute Gasteiger partial charge is 2.00 e. The van der Waals surface area contributed by atoms with Crippen molar-refractivity contribution in [3.8, 4) is 0 Å². The smallest absolute Gasteiger partial charge is 0.540 e. The molecule has 0 fully saturated rings. The van der Waals surface area contributed by atoms with Crippen molar-refractivity contribution < 1.29 is 45.4 Å². The maximum atomic E-state index is 8.85. The van der Waals surface area contributed by atoms with Crippen molar-refractivity contribution in [2.75, 3.05) is 0 Å². The molecule has 0 unspecified atom stereocenters. The van der Waals surface area contributed by atoms with Gasteiger partial charge in [-0.1, -0.05) is 0 Å². The topological polar surface area (TPSA) is 156 Å². The maximum Gasteiger partial charge on any atom is 2.00 e. The Morgan fingerprint density at radius 3 is 0.818 bits per heavy atom. The summed E-state index contributed by atoms with van der Waals surface area (Å²) in [7, 11) is -8.83. The van der Waals surface area contributed by atoms with E-state index in [1.54, 1.807) is 0 Å². The molecule has 11 heavy (non-hydrogen) atoms. The molecule has 0 aliphatic carbocycles. The molecule has 0 saturated carbocycles. The molecule has 0 aromatic rings. The summed E-state index contributed by atoms with van der Waals surface area (Å²) >= 11 is 0. The Bertz CT molecular complexity index is 215. The van der Waals surface area contributed by atoms with Gasteiger partial charge in [0.1, 0.15) is 0 Å². The molecule has 0 spiro atoms. The van der Waals surface area contributed by atoms with Crippen LogP contribution in [0.15, 0.2) is 0 Å². The van der Waals surface area contributed by atoms with Crippen molar-refractivity contribution in [3.63, 3.8) is 0 Å². The van der Waals surface area contributed by atoms with Crippen molar-refractivity contribution in [2.24, 2.45) is 0 Å². The second kappa shape index (κ2) is 5.94. The summed E-state index contributed by atoms with van der Waals surface area (Å²) in [4.78, 5) is 0. The molecule has 0 radical (unpaired) electrons. The summed E-state index contributed by atoms with van der Waals surface area (Å²) in [5.74, 6) is 0. The monoisotopic (exact) mass is 256 g/mol. The van der Waals surface area contributed by atoms with Crippen LogP contribution >= 0.6 is 0 Å². The van der Waals surface area contributed by atoms with Gasteiger partial charge in [0.05, 0.1) is 0 Å². The van der Waals surface area contributed by atoms with Crippen LogP contribution in [0.25, 0.3) is 10.3 Å². The zero-order chi connectivity index (χ0) is 9.00. The first-order chi connectivity index (χ1) is 4.00. The summed E-state index contributed by atoms with van der Waals surface area (Å²) < 4.78 is 49.7. The maximum absolute atomic E-state index is 8.85. The molecule has 0 atom stereocenters. The van der Waals surface area contributed by atoms with E-state index in [2.05, 4.69) is 0 Å².